The summed E-state index contributed by atoms with van der Waals surface area (Å²) < 4.78 is 10.9. The number of nitrogens with zero attached hydrogens (tertiary/aromatic N) is 1. The molecule has 1 atom stereocenters. The largest absolute Gasteiger partial charge is 0.376 e. The van der Waals surface area contributed by atoms with Crippen LogP contribution >= 0.6 is 0 Å². The van der Waals surface area contributed by atoms with Crippen LogP contribution in [0.4, 0.5) is 10.5 Å². The highest BCUT2D eigenvalue weighted by Crippen LogP contribution is 2.12. The molecule has 1 aliphatic rings. The molecule has 0 unspecified atom stereocenters. The Morgan fingerprint density at radius 3 is 2.73 bits per heavy atom. The van der Waals surface area contributed by atoms with Crippen molar-refractivity contribution in [2.24, 2.45) is 0 Å². The molecule has 0 aliphatic carbocycles. The number of nitrogens with one attached hydrogen (secondary N) is 1. The molecule has 0 bridgehead atoms. The average molecular weight is 306 g/mol. The third-order valence-electron chi connectivity index (χ3n) is 3.73. The van der Waals surface area contributed by atoms with Crippen molar-refractivity contribution in [1.29, 1.82) is 0 Å². The van der Waals surface area contributed by atoms with Crippen LogP contribution < -0.4 is 5.32 Å². The van der Waals surface area contributed by atoms with Crippen molar-refractivity contribution in [2.75, 3.05) is 38.7 Å². The van der Waals surface area contributed by atoms with Gasteiger partial charge in [0, 0.05) is 12.7 Å². The van der Waals surface area contributed by atoms with Gasteiger partial charge in [0.25, 0.3) is 0 Å². The van der Waals surface area contributed by atoms with Gasteiger partial charge in [-0.2, -0.15) is 0 Å². The first-order chi connectivity index (χ1) is 10.7. The summed E-state index contributed by atoms with van der Waals surface area (Å²) in [5.74, 6) is 0. The molecule has 1 aromatic carbocycles. The Hall–Kier alpha value is -1.59. The zero-order valence-electron chi connectivity index (χ0n) is 13.5. The van der Waals surface area contributed by atoms with E-state index in [2.05, 4.69) is 24.4 Å². The minimum absolute atomic E-state index is 0.0408. The van der Waals surface area contributed by atoms with Crippen LogP contribution in [-0.4, -0.2) is 50.4 Å². The number of aryl methyl sites for hydroxylation is 1. The summed E-state index contributed by atoms with van der Waals surface area (Å²) in [6.45, 7) is 4.49. The Balaban J connectivity index is 1.79. The number of hydrogen-bond donors (Lipinski definition) is 1. The van der Waals surface area contributed by atoms with Crippen molar-refractivity contribution in [3.63, 3.8) is 0 Å². The zero-order chi connectivity index (χ0) is 15.8. The van der Waals surface area contributed by atoms with Crippen molar-refractivity contribution in [1.82, 2.24) is 4.90 Å². The minimum atomic E-state index is -0.129. The van der Waals surface area contributed by atoms with Gasteiger partial charge in [-0.3, -0.25) is 0 Å². The summed E-state index contributed by atoms with van der Waals surface area (Å²) in [6, 6.07) is 7.93. The van der Waals surface area contributed by atoms with Crippen LogP contribution in [0, 0.1) is 0 Å². The summed E-state index contributed by atoms with van der Waals surface area (Å²) in [5, 5.41) is 2.91. The lowest BCUT2D eigenvalue weighted by atomic mass is 10.1. The van der Waals surface area contributed by atoms with Crippen molar-refractivity contribution in [2.45, 2.75) is 32.3 Å². The molecule has 5 nitrogen and oxygen atoms in total. The van der Waals surface area contributed by atoms with Gasteiger partial charge in [-0.25, -0.2) is 4.79 Å². The predicted octanol–water partition coefficient (Wildman–Crippen LogP) is 2.91. The number of ether oxygens (including phenoxy) is 2. The van der Waals surface area contributed by atoms with Crippen LogP contribution in [0.5, 0.6) is 0 Å². The molecule has 22 heavy (non-hydrogen) atoms. The molecule has 1 aliphatic heterocycles. The standard InChI is InChI=1S/C17H26N2O3/c1-3-4-5-14-6-8-15(9-7-14)18-17(20)19(2)12-16-13-21-10-11-22-16/h6-9,16H,3-5,10-13H2,1-2H3,(H,18,20)/t16-/m1/s1. The smallest absolute Gasteiger partial charge is 0.321 e. The van der Waals surface area contributed by atoms with E-state index in [1.165, 1.54) is 18.4 Å². The van der Waals surface area contributed by atoms with Crippen molar-refractivity contribution in [3.8, 4) is 0 Å². The summed E-state index contributed by atoms with van der Waals surface area (Å²) in [5.41, 5.74) is 2.12. The van der Waals surface area contributed by atoms with E-state index in [0.717, 1.165) is 12.1 Å². The molecule has 0 saturated carbocycles. The van der Waals surface area contributed by atoms with E-state index < -0.39 is 0 Å². The Kier molecular flexibility index (Phi) is 6.68. The van der Waals surface area contributed by atoms with E-state index in [4.69, 9.17) is 9.47 Å². The van der Waals surface area contributed by atoms with E-state index in [-0.39, 0.29) is 12.1 Å². The molecule has 2 amide bonds. The summed E-state index contributed by atoms with van der Waals surface area (Å²) in [4.78, 5) is 13.8. The maximum atomic E-state index is 12.2. The normalized spacial score (nSPS) is 18.0. The Labute approximate surface area is 132 Å². The van der Waals surface area contributed by atoms with Gasteiger partial charge in [-0.15, -0.1) is 0 Å². The zero-order valence-corrected chi connectivity index (χ0v) is 13.5. The second kappa shape index (κ2) is 8.76. The Bertz CT molecular complexity index is 455. The number of unbranched alkanes of at least 4 members (excludes halogenated alkanes) is 1. The summed E-state index contributed by atoms with van der Waals surface area (Å²) in [6.07, 6.45) is 3.43. The van der Waals surface area contributed by atoms with Gasteiger partial charge < -0.3 is 19.7 Å². The quantitative estimate of drug-likeness (QED) is 0.879. The SMILES string of the molecule is CCCCc1ccc(NC(=O)N(C)C[C@@H]2COCCO2)cc1. The molecular weight excluding hydrogens is 280 g/mol. The third-order valence-corrected chi connectivity index (χ3v) is 3.73. The highest BCUT2D eigenvalue weighted by atomic mass is 16.6. The number of likely N-dealkylation sites (N-methyl/N-ethyl adjacent to an activating group) is 1. The highest BCUT2D eigenvalue weighted by molar-refractivity contribution is 5.89. The van der Waals surface area contributed by atoms with Crippen LogP contribution in [0.15, 0.2) is 24.3 Å². The van der Waals surface area contributed by atoms with Crippen LogP contribution in [0.1, 0.15) is 25.3 Å². The van der Waals surface area contributed by atoms with E-state index in [0.29, 0.717) is 26.4 Å². The molecule has 5 heteroatoms. The van der Waals surface area contributed by atoms with E-state index >= 15 is 0 Å². The molecule has 1 saturated heterocycles. The Morgan fingerprint density at radius 1 is 1.32 bits per heavy atom. The number of anilines is 1. The highest BCUT2D eigenvalue weighted by Gasteiger charge is 2.19. The molecule has 122 valence electrons. The van der Waals surface area contributed by atoms with Gasteiger partial charge in [0.05, 0.1) is 32.5 Å². The second-order valence-corrected chi connectivity index (χ2v) is 5.68. The van der Waals surface area contributed by atoms with Crippen LogP contribution in [0.2, 0.25) is 0 Å². The molecule has 1 fully saturated rings. The number of amides is 2. The number of hydrogen-bond acceptors (Lipinski definition) is 3. The number of carbonyl (C=O) groups is 1. The lowest BCUT2D eigenvalue weighted by Gasteiger charge is -2.27. The topological polar surface area (TPSA) is 50.8 Å². The lowest BCUT2D eigenvalue weighted by Crippen LogP contribution is -2.42. The fourth-order valence-corrected chi connectivity index (χ4v) is 2.38. The minimum Gasteiger partial charge on any atom is -0.376 e. The van der Waals surface area contributed by atoms with Gasteiger partial charge in [0.15, 0.2) is 0 Å². The lowest BCUT2D eigenvalue weighted by molar-refractivity contribution is -0.0925. The Morgan fingerprint density at radius 2 is 2.09 bits per heavy atom. The molecule has 1 heterocycles. The second-order valence-electron chi connectivity index (χ2n) is 5.68. The maximum absolute atomic E-state index is 12.2. The average Bonchev–Trinajstić information content (AvgIpc) is 2.55. The van der Waals surface area contributed by atoms with E-state index in [1.54, 1.807) is 11.9 Å². The van der Waals surface area contributed by atoms with Gasteiger partial charge >= 0.3 is 6.03 Å². The van der Waals surface area contributed by atoms with Crippen molar-refractivity contribution < 1.29 is 14.3 Å². The fourth-order valence-electron chi connectivity index (χ4n) is 2.38. The van der Waals surface area contributed by atoms with E-state index in [1.807, 2.05) is 12.1 Å². The van der Waals surface area contributed by atoms with Gasteiger partial charge in [0.1, 0.15) is 0 Å². The van der Waals surface area contributed by atoms with Gasteiger partial charge in [0.2, 0.25) is 0 Å². The molecule has 1 N–H and O–H groups in total. The first-order valence-corrected chi connectivity index (χ1v) is 7.99. The van der Waals surface area contributed by atoms with E-state index in [9.17, 15) is 4.79 Å². The van der Waals surface area contributed by atoms with Crippen LogP contribution in [0.25, 0.3) is 0 Å². The van der Waals surface area contributed by atoms with Crippen molar-refractivity contribution in [3.05, 3.63) is 29.8 Å². The van der Waals surface area contributed by atoms with Crippen molar-refractivity contribution >= 4 is 11.7 Å². The molecule has 0 radical (unpaired) electrons. The summed E-state index contributed by atoms with van der Waals surface area (Å²) >= 11 is 0. The number of benzene rings is 1. The number of urea groups is 1. The first kappa shape index (κ1) is 16.8. The molecule has 1 aromatic rings. The number of carbonyl (C=O) groups excluding carboxylic acids is 1. The van der Waals surface area contributed by atoms with Crippen LogP contribution in [0.3, 0.4) is 0 Å². The summed E-state index contributed by atoms with van der Waals surface area (Å²) in [7, 11) is 1.77. The predicted molar refractivity (Wildman–Crippen MR) is 87.3 cm³/mol. The maximum Gasteiger partial charge on any atom is 0.321 e. The molecule has 2 rings (SSSR count). The van der Waals surface area contributed by atoms with Gasteiger partial charge in [-0.05, 0) is 30.5 Å². The monoisotopic (exact) mass is 306 g/mol. The van der Waals surface area contributed by atoms with Gasteiger partial charge in [-0.1, -0.05) is 25.5 Å². The molecular formula is C17H26N2O3. The van der Waals surface area contributed by atoms with Crippen LogP contribution in [-0.2, 0) is 15.9 Å². The number of rotatable bonds is 6. The molecule has 0 spiro atoms. The first-order valence-electron chi connectivity index (χ1n) is 7.99. The molecule has 0 aromatic heterocycles. The third kappa shape index (κ3) is 5.31. The fraction of sp³-hybridized carbons (Fsp3) is 0.588.